The highest BCUT2D eigenvalue weighted by atomic mass is 14.7. The fraction of sp³-hybridized carbons (Fsp3) is 0.182. The van der Waals surface area contributed by atoms with Crippen LogP contribution in [0, 0.1) is 6.92 Å². The predicted molar refractivity (Wildman–Crippen MR) is 106 cm³/mol. The number of nitrogens with zero attached hydrogens (tertiary/aromatic N) is 2. The largest absolute Gasteiger partial charge is 0.261 e. The summed E-state index contributed by atoms with van der Waals surface area (Å²) >= 11 is 0. The number of aryl methyl sites for hydroxylation is 1. The molecule has 0 aromatic heterocycles. The molecule has 122 valence electrons. The molecule has 0 aliphatic carbocycles. The van der Waals surface area contributed by atoms with Gasteiger partial charge >= 0.3 is 0 Å². The van der Waals surface area contributed by atoms with Crippen molar-refractivity contribution < 1.29 is 0 Å². The van der Waals surface area contributed by atoms with Gasteiger partial charge in [0.15, 0.2) is 0 Å². The van der Waals surface area contributed by atoms with Crippen LogP contribution in [-0.2, 0) is 0 Å². The lowest BCUT2D eigenvalue weighted by Gasteiger charge is -2.01. The van der Waals surface area contributed by atoms with E-state index in [2.05, 4.69) is 53.3 Å². The van der Waals surface area contributed by atoms with E-state index in [9.17, 15) is 0 Å². The molecule has 2 aromatic rings. The summed E-state index contributed by atoms with van der Waals surface area (Å²) in [5, 5.41) is 0. The Hall–Kier alpha value is -2.74. The fourth-order valence-corrected chi connectivity index (χ4v) is 2.20. The van der Waals surface area contributed by atoms with Crippen LogP contribution in [0.5, 0.6) is 0 Å². The topological polar surface area (TPSA) is 24.7 Å². The fourth-order valence-electron chi connectivity index (χ4n) is 2.20. The molecule has 0 atom stereocenters. The highest BCUT2D eigenvalue weighted by Gasteiger charge is 1.97. The molecule has 0 heterocycles. The first kappa shape index (κ1) is 17.6. The Morgan fingerprint density at radius 1 is 0.875 bits per heavy atom. The van der Waals surface area contributed by atoms with Crippen LogP contribution in [0.3, 0.4) is 0 Å². The van der Waals surface area contributed by atoms with Crippen LogP contribution in [0.1, 0.15) is 37.5 Å². The Morgan fingerprint density at radius 2 is 1.54 bits per heavy atom. The highest BCUT2D eigenvalue weighted by molar-refractivity contribution is 5.99. The zero-order valence-electron chi connectivity index (χ0n) is 14.8. The standard InChI is InChI=1S/C22H24N2/c1-5-22(21-9-7-6-8-10-21)24-16-18(3)15-23-19(4)20-13-11-17(2)12-14-20/h5-16H,1-4H3/b18-15+,22-5-,23-19?,24-16-. The second-order valence-corrected chi connectivity index (χ2v) is 5.75. The molecule has 0 unspecified atom stereocenters. The van der Waals surface area contributed by atoms with Gasteiger partial charge in [0, 0.05) is 18.1 Å². The molecule has 0 amide bonds. The summed E-state index contributed by atoms with van der Waals surface area (Å²) in [5.74, 6) is 0. The molecule has 2 heteroatoms. The molecular formula is C22H24N2. The molecule has 0 aliphatic rings. The number of allylic oxidation sites excluding steroid dienone is 2. The SMILES string of the molecule is C\C=C(/N=C\C(C)=C\N=C(C)c1ccc(C)cc1)c1ccccc1. The third-order valence-electron chi connectivity index (χ3n) is 3.68. The molecular weight excluding hydrogens is 292 g/mol. The minimum absolute atomic E-state index is 0.961. The van der Waals surface area contributed by atoms with E-state index in [-0.39, 0.29) is 0 Å². The summed E-state index contributed by atoms with van der Waals surface area (Å²) < 4.78 is 0. The molecule has 0 saturated heterocycles. The summed E-state index contributed by atoms with van der Waals surface area (Å²) in [5.41, 5.74) is 6.48. The number of hydrogen-bond acceptors (Lipinski definition) is 2. The molecule has 0 saturated carbocycles. The molecule has 0 spiro atoms. The van der Waals surface area contributed by atoms with Crippen molar-refractivity contribution >= 4 is 17.6 Å². The van der Waals surface area contributed by atoms with E-state index in [4.69, 9.17) is 0 Å². The Morgan fingerprint density at radius 3 is 2.17 bits per heavy atom. The lowest BCUT2D eigenvalue weighted by atomic mass is 10.1. The average molecular weight is 316 g/mol. The van der Waals surface area contributed by atoms with Crippen molar-refractivity contribution in [2.24, 2.45) is 9.98 Å². The monoisotopic (exact) mass is 316 g/mol. The molecule has 2 rings (SSSR count). The summed E-state index contributed by atoms with van der Waals surface area (Å²) in [6, 6.07) is 18.6. The van der Waals surface area contributed by atoms with Gasteiger partial charge in [-0.15, -0.1) is 0 Å². The van der Waals surface area contributed by atoms with Crippen LogP contribution < -0.4 is 0 Å². The van der Waals surface area contributed by atoms with Gasteiger partial charge in [0.25, 0.3) is 0 Å². The van der Waals surface area contributed by atoms with Crippen LogP contribution in [0.15, 0.2) is 82.4 Å². The Kier molecular flexibility index (Phi) is 6.44. The predicted octanol–water partition coefficient (Wildman–Crippen LogP) is 5.84. The second-order valence-electron chi connectivity index (χ2n) is 5.75. The number of aliphatic imine (C=N–C) groups is 2. The molecule has 0 aliphatic heterocycles. The summed E-state index contributed by atoms with van der Waals surface area (Å²) in [7, 11) is 0. The lowest BCUT2D eigenvalue weighted by Crippen LogP contribution is -1.93. The van der Waals surface area contributed by atoms with Crippen LogP contribution in [0.2, 0.25) is 0 Å². The maximum Gasteiger partial charge on any atom is 0.0659 e. The van der Waals surface area contributed by atoms with E-state index in [1.807, 2.05) is 57.5 Å². The van der Waals surface area contributed by atoms with Crippen molar-refractivity contribution in [2.75, 3.05) is 0 Å². The van der Waals surface area contributed by atoms with Gasteiger partial charge in [-0.25, -0.2) is 0 Å². The first-order chi connectivity index (χ1) is 11.6. The molecule has 0 N–H and O–H groups in total. The first-order valence-corrected chi connectivity index (χ1v) is 8.14. The Balaban J connectivity index is 2.10. The zero-order valence-corrected chi connectivity index (χ0v) is 14.8. The molecule has 2 aromatic carbocycles. The smallest absolute Gasteiger partial charge is 0.0659 e. The van der Waals surface area contributed by atoms with Crippen molar-refractivity contribution in [3.63, 3.8) is 0 Å². The van der Waals surface area contributed by atoms with E-state index >= 15 is 0 Å². The van der Waals surface area contributed by atoms with Gasteiger partial charge in [-0.05, 0) is 44.4 Å². The van der Waals surface area contributed by atoms with Gasteiger partial charge in [-0.3, -0.25) is 9.98 Å². The molecule has 0 radical (unpaired) electrons. The molecule has 2 nitrogen and oxygen atoms in total. The lowest BCUT2D eigenvalue weighted by molar-refractivity contribution is 1.41. The second kappa shape index (κ2) is 8.78. The third-order valence-corrected chi connectivity index (χ3v) is 3.68. The van der Waals surface area contributed by atoms with Crippen LogP contribution in [0.4, 0.5) is 0 Å². The van der Waals surface area contributed by atoms with Gasteiger partial charge in [0.05, 0.1) is 5.70 Å². The van der Waals surface area contributed by atoms with Crippen LogP contribution in [-0.4, -0.2) is 11.9 Å². The average Bonchev–Trinajstić information content (AvgIpc) is 2.61. The number of benzene rings is 2. The van der Waals surface area contributed by atoms with Crippen molar-refractivity contribution in [3.05, 3.63) is 89.1 Å². The Labute approximate surface area is 145 Å². The van der Waals surface area contributed by atoms with Crippen molar-refractivity contribution in [1.82, 2.24) is 0 Å². The summed E-state index contributed by atoms with van der Waals surface area (Å²) in [4.78, 5) is 9.12. The van der Waals surface area contributed by atoms with E-state index in [1.165, 1.54) is 5.56 Å². The molecule has 0 bridgehead atoms. The van der Waals surface area contributed by atoms with Crippen molar-refractivity contribution in [3.8, 4) is 0 Å². The minimum Gasteiger partial charge on any atom is -0.261 e. The van der Waals surface area contributed by atoms with Gasteiger partial charge in [0.1, 0.15) is 0 Å². The number of rotatable bonds is 5. The quantitative estimate of drug-likeness (QED) is 0.619. The van der Waals surface area contributed by atoms with Crippen molar-refractivity contribution in [2.45, 2.75) is 27.7 Å². The summed E-state index contributed by atoms with van der Waals surface area (Å²) in [6.45, 7) is 8.11. The Bertz CT molecular complexity index is 776. The van der Waals surface area contributed by atoms with Gasteiger partial charge in [-0.2, -0.15) is 0 Å². The molecule has 0 fully saturated rings. The van der Waals surface area contributed by atoms with E-state index < -0.39 is 0 Å². The van der Waals surface area contributed by atoms with E-state index in [0.29, 0.717) is 0 Å². The first-order valence-electron chi connectivity index (χ1n) is 8.14. The summed E-state index contributed by atoms with van der Waals surface area (Å²) in [6.07, 6.45) is 5.73. The van der Waals surface area contributed by atoms with Gasteiger partial charge in [0.2, 0.25) is 0 Å². The van der Waals surface area contributed by atoms with Gasteiger partial charge < -0.3 is 0 Å². The van der Waals surface area contributed by atoms with E-state index in [1.54, 1.807) is 0 Å². The van der Waals surface area contributed by atoms with Crippen LogP contribution in [0.25, 0.3) is 5.70 Å². The highest BCUT2D eigenvalue weighted by Crippen LogP contribution is 2.15. The molecule has 24 heavy (non-hydrogen) atoms. The van der Waals surface area contributed by atoms with Crippen LogP contribution >= 0.6 is 0 Å². The maximum atomic E-state index is 4.57. The van der Waals surface area contributed by atoms with Crippen molar-refractivity contribution in [1.29, 1.82) is 0 Å². The maximum absolute atomic E-state index is 4.57. The minimum atomic E-state index is 0.961. The van der Waals surface area contributed by atoms with Gasteiger partial charge in [-0.1, -0.05) is 66.2 Å². The normalized spacial score (nSPS) is 13.6. The third kappa shape index (κ3) is 5.17. The van der Waals surface area contributed by atoms with E-state index in [0.717, 1.165) is 28.1 Å². The zero-order chi connectivity index (χ0) is 17.4. The number of hydrogen-bond donors (Lipinski definition) is 0.